The molecule has 16 heavy (non-hydrogen) atoms. The molecular formula is C12H14ClNO2. The molecule has 86 valence electrons. The lowest BCUT2D eigenvalue weighted by atomic mass is 9.88. The summed E-state index contributed by atoms with van der Waals surface area (Å²) in [5.74, 6) is -0.229. The summed E-state index contributed by atoms with van der Waals surface area (Å²) in [7, 11) is 1.42. The van der Waals surface area contributed by atoms with Crippen LogP contribution in [0.3, 0.4) is 0 Å². The number of rotatable bonds is 2. The van der Waals surface area contributed by atoms with Crippen LogP contribution in [0.4, 0.5) is 0 Å². The Kier molecular flexibility index (Phi) is 3.17. The van der Waals surface area contributed by atoms with Crippen molar-refractivity contribution in [1.29, 1.82) is 0 Å². The van der Waals surface area contributed by atoms with E-state index in [1.165, 1.54) is 7.11 Å². The van der Waals surface area contributed by atoms with E-state index in [2.05, 4.69) is 5.32 Å². The Bertz CT molecular complexity index is 383. The quantitative estimate of drug-likeness (QED) is 0.804. The molecule has 0 saturated carbocycles. The number of halogens is 1. The van der Waals surface area contributed by atoms with E-state index in [0.717, 1.165) is 24.9 Å². The van der Waals surface area contributed by atoms with E-state index in [1.54, 1.807) is 12.1 Å². The molecule has 1 N–H and O–H groups in total. The van der Waals surface area contributed by atoms with Crippen molar-refractivity contribution in [3.05, 3.63) is 34.9 Å². The van der Waals surface area contributed by atoms with Crippen LogP contribution in [0.15, 0.2) is 24.3 Å². The highest BCUT2D eigenvalue weighted by Gasteiger charge is 2.43. The summed E-state index contributed by atoms with van der Waals surface area (Å²) in [6.45, 7) is 0.831. The molecule has 2 rings (SSSR count). The number of hydrogen-bond donors (Lipinski definition) is 1. The first kappa shape index (κ1) is 11.4. The smallest absolute Gasteiger partial charge is 0.330 e. The van der Waals surface area contributed by atoms with Crippen molar-refractivity contribution < 1.29 is 9.53 Å². The van der Waals surface area contributed by atoms with Gasteiger partial charge in [-0.25, -0.2) is 4.79 Å². The molecule has 0 aromatic heterocycles. The molecule has 0 radical (unpaired) electrons. The Hall–Kier alpha value is -1.06. The molecule has 1 unspecified atom stereocenters. The van der Waals surface area contributed by atoms with Crippen LogP contribution in [0.5, 0.6) is 0 Å². The van der Waals surface area contributed by atoms with Crippen LogP contribution >= 0.6 is 11.6 Å². The normalized spacial score (nSPS) is 24.4. The highest BCUT2D eigenvalue weighted by atomic mass is 35.5. The molecule has 0 amide bonds. The molecule has 1 aromatic carbocycles. The molecule has 1 fully saturated rings. The minimum absolute atomic E-state index is 0.229. The number of nitrogens with one attached hydrogen (secondary N) is 1. The SMILES string of the molecule is COC(=O)C1(c2ccc(Cl)cc2)CCCN1. The first-order chi connectivity index (χ1) is 7.69. The number of carbonyl (C=O) groups is 1. The van der Waals surface area contributed by atoms with Crippen LogP contribution in [0.25, 0.3) is 0 Å². The minimum atomic E-state index is -0.681. The van der Waals surface area contributed by atoms with Gasteiger partial charge in [0.1, 0.15) is 5.54 Å². The van der Waals surface area contributed by atoms with Gasteiger partial charge < -0.3 is 4.74 Å². The molecule has 0 aliphatic carbocycles. The fraction of sp³-hybridized carbons (Fsp3) is 0.417. The Morgan fingerprint density at radius 2 is 2.12 bits per heavy atom. The second-order valence-corrected chi connectivity index (χ2v) is 4.37. The molecule has 3 nitrogen and oxygen atoms in total. The van der Waals surface area contributed by atoms with Crippen molar-refractivity contribution in [2.45, 2.75) is 18.4 Å². The van der Waals surface area contributed by atoms with Gasteiger partial charge in [0.25, 0.3) is 0 Å². The van der Waals surface area contributed by atoms with Crippen LogP contribution in [0, 0.1) is 0 Å². The maximum atomic E-state index is 11.9. The lowest BCUT2D eigenvalue weighted by molar-refractivity contribution is -0.148. The minimum Gasteiger partial charge on any atom is -0.467 e. The monoisotopic (exact) mass is 239 g/mol. The van der Waals surface area contributed by atoms with Gasteiger partial charge in [0.15, 0.2) is 0 Å². The van der Waals surface area contributed by atoms with E-state index in [4.69, 9.17) is 16.3 Å². The first-order valence-electron chi connectivity index (χ1n) is 5.28. The summed E-state index contributed by atoms with van der Waals surface area (Å²) >= 11 is 5.84. The third kappa shape index (κ3) is 1.81. The van der Waals surface area contributed by atoms with E-state index >= 15 is 0 Å². The zero-order chi connectivity index (χ0) is 11.6. The molecule has 1 saturated heterocycles. The van der Waals surface area contributed by atoms with E-state index in [-0.39, 0.29) is 5.97 Å². The predicted molar refractivity (Wildman–Crippen MR) is 62.4 cm³/mol. The predicted octanol–water partition coefficient (Wildman–Crippen LogP) is 2.09. The van der Waals surface area contributed by atoms with Crippen LogP contribution in [-0.2, 0) is 15.1 Å². The highest BCUT2D eigenvalue weighted by molar-refractivity contribution is 6.30. The van der Waals surface area contributed by atoms with Gasteiger partial charge in [-0.1, -0.05) is 23.7 Å². The van der Waals surface area contributed by atoms with Crippen molar-refractivity contribution in [3.8, 4) is 0 Å². The topological polar surface area (TPSA) is 38.3 Å². The highest BCUT2D eigenvalue weighted by Crippen LogP contribution is 2.32. The Balaban J connectivity index is 2.39. The van der Waals surface area contributed by atoms with Crippen molar-refractivity contribution in [2.24, 2.45) is 0 Å². The standard InChI is InChI=1S/C12H14ClNO2/c1-16-11(15)12(7-2-8-14-12)9-3-5-10(13)6-4-9/h3-6,14H,2,7-8H2,1H3. The lowest BCUT2D eigenvalue weighted by Crippen LogP contribution is -2.45. The Morgan fingerprint density at radius 1 is 1.44 bits per heavy atom. The van der Waals surface area contributed by atoms with E-state index < -0.39 is 5.54 Å². The van der Waals surface area contributed by atoms with Crippen LogP contribution in [0.2, 0.25) is 5.02 Å². The van der Waals surface area contributed by atoms with Crippen LogP contribution < -0.4 is 5.32 Å². The van der Waals surface area contributed by atoms with Crippen LogP contribution in [-0.4, -0.2) is 19.6 Å². The summed E-state index contributed by atoms with van der Waals surface area (Å²) in [6, 6.07) is 7.33. The molecule has 0 bridgehead atoms. The Morgan fingerprint density at radius 3 is 2.62 bits per heavy atom. The molecule has 1 aliphatic heterocycles. The zero-order valence-electron chi connectivity index (χ0n) is 9.13. The number of hydrogen-bond acceptors (Lipinski definition) is 3. The average molecular weight is 240 g/mol. The van der Waals surface area contributed by atoms with Gasteiger partial charge in [-0.2, -0.15) is 0 Å². The molecule has 0 spiro atoms. The lowest BCUT2D eigenvalue weighted by Gasteiger charge is -2.26. The summed E-state index contributed by atoms with van der Waals surface area (Å²) < 4.78 is 4.89. The van der Waals surface area contributed by atoms with Crippen molar-refractivity contribution in [1.82, 2.24) is 5.32 Å². The van der Waals surface area contributed by atoms with E-state index in [1.807, 2.05) is 12.1 Å². The fourth-order valence-electron chi connectivity index (χ4n) is 2.19. The maximum absolute atomic E-state index is 11.9. The number of benzene rings is 1. The molecule has 1 heterocycles. The van der Waals surface area contributed by atoms with Crippen molar-refractivity contribution in [3.63, 3.8) is 0 Å². The Labute approximate surface area is 99.7 Å². The summed E-state index contributed by atoms with van der Waals surface area (Å²) in [5, 5.41) is 3.91. The maximum Gasteiger partial charge on any atom is 0.330 e. The summed E-state index contributed by atoms with van der Waals surface area (Å²) in [4.78, 5) is 11.9. The second-order valence-electron chi connectivity index (χ2n) is 3.93. The number of methoxy groups -OCH3 is 1. The van der Waals surface area contributed by atoms with Gasteiger partial charge in [0.2, 0.25) is 0 Å². The number of ether oxygens (including phenoxy) is 1. The zero-order valence-corrected chi connectivity index (χ0v) is 9.88. The number of carbonyl (C=O) groups excluding carboxylic acids is 1. The number of esters is 1. The molecular weight excluding hydrogens is 226 g/mol. The third-order valence-electron chi connectivity index (χ3n) is 3.03. The van der Waals surface area contributed by atoms with Gasteiger partial charge in [0.05, 0.1) is 7.11 Å². The van der Waals surface area contributed by atoms with E-state index in [0.29, 0.717) is 5.02 Å². The average Bonchev–Trinajstić information content (AvgIpc) is 2.79. The largest absolute Gasteiger partial charge is 0.467 e. The molecule has 1 atom stereocenters. The van der Waals surface area contributed by atoms with Gasteiger partial charge in [-0.3, -0.25) is 5.32 Å². The summed E-state index contributed by atoms with van der Waals surface area (Å²) in [6.07, 6.45) is 1.74. The third-order valence-corrected chi connectivity index (χ3v) is 3.28. The fourth-order valence-corrected chi connectivity index (χ4v) is 2.32. The van der Waals surface area contributed by atoms with Crippen molar-refractivity contribution >= 4 is 17.6 Å². The van der Waals surface area contributed by atoms with Gasteiger partial charge in [-0.05, 0) is 37.1 Å². The first-order valence-corrected chi connectivity index (χ1v) is 5.66. The van der Waals surface area contributed by atoms with Crippen LogP contribution in [0.1, 0.15) is 18.4 Å². The van der Waals surface area contributed by atoms with Gasteiger partial charge >= 0.3 is 5.97 Å². The molecule has 1 aromatic rings. The van der Waals surface area contributed by atoms with E-state index in [9.17, 15) is 4.79 Å². The van der Waals surface area contributed by atoms with Crippen molar-refractivity contribution in [2.75, 3.05) is 13.7 Å². The van der Waals surface area contributed by atoms with Gasteiger partial charge in [-0.15, -0.1) is 0 Å². The van der Waals surface area contributed by atoms with Gasteiger partial charge in [0, 0.05) is 5.02 Å². The summed E-state index contributed by atoms with van der Waals surface area (Å²) in [5.41, 5.74) is 0.237. The molecule has 4 heteroatoms. The second kappa shape index (κ2) is 4.44. The molecule has 1 aliphatic rings.